The molecule has 38 heavy (non-hydrogen) atoms. The molecule has 1 N–H and O–H groups in total. The Labute approximate surface area is 244 Å². The van der Waals surface area contributed by atoms with E-state index in [2.05, 4.69) is 63.2 Å². The molecule has 1 aromatic heterocycles. The molecule has 1 amide bonds. The first-order chi connectivity index (χ1) is 18.2. The summed E-state index contributed by atoms with van der Waals surface area (Å²) in [6, 6.07) is 14.6. The minimum Gasteiger partial charge on any atom is -0.490 e. The van der Waals surface area contributed by atoms with Gasteiger partial charge in [0.15, 0.2) is 18.1 Å². The van der Waals surface area contributed by atoms with Crippen molar-refractivity contribution < 1.29 is 14.3 Å². The molecule has 0 saturated heterocycles. The molecule has 0 saturated carbocycles. The van der Waals surface area contributed by atoms with E-state index in [0.29, 0.717) is 49.3 Å². The molecule has 4 rings (SSSR count). The van der Waals surface area contributed by atoms with Crippen LogP contribution in [0.3, 0.4) is 0 Å². The molecular weight excluding hydrogens is 684 g/mol. The predicted octanol–water partition coefficient (Wildman–Crippen LogP) is 6.60. The van der Waals surface area contributed by atoms with Crippen molar-refractivity contribution in [1.29, 1.82) is 0 Å². The summed E-state index contributed by atoms with van der Waals surface area (Å²) in [6.45, 7) is 5.63. The number of ether oxygens (including phenoxy) is 2. The highest BCUT2D eigenvalue weighted by Gasteiger charge is 2.19. The van der Waals surface area contributed by atoms with E-state index in [9.17, 15) is 9.59 Å². The summed E-state index contributed by atoms with van der Waals surface area (Å²) < 4.78 is 14.8. The van der Waals surface area contributed by atoms with E-state index in [1.165, 1.54) is 10.9 Å². The standard InChI is InChI=1S/C27H23Br3N4O4/c1-4-37-22-11-17(13-31-34-16(3)32-21-10-9-18(28)12-19(21)27(34)36)24(29)25(30)26(22)38-14-23(35)33-20-8-6-5-7-15(20)2/h5-13H,4,14H2,1-3H3,(H,33,35). The summed E-state index contributed by atoms with van der Waals surface area (Å²) in [6.07, 6.45) is 1.53. The van der Waals surface area contributed by atoms with E-state index < -0.39 is 0 Å². The van der Waals surface area contributed by atoms with Crippen LogP contribution in [0.5, 0.6) is 11.5 Å². The largest absolute Gasteiger partial charge is 0.490 e. The number of aromatic nitrogens is 2. The molecule has 196 valence electrons. The highest BCUT2D eigenvalue weighted by molar-refractivity contribution is 9.13. The van der Waals surface area contributed by atoms with Crippen LogP contribution in [-0.4, -0.2) is 35.0 Å². The Morgan fingerprint density at radius 1 is 1.08 bits per heavy atom. The van der Waals surface area contributed by atoms with Gasteiger partial charge in [-0.05, 0) is 88.5 Å². The molecule has 4 aromatic rings. The van der Waals surface area contributed by atoms with E-state index in [1.54, 1.807) is 25.1 Å². The minimum atomic E-state index is -0.305. The van der Waals surface area contributed by atoms with Gasteiger partial charge in [0.25, 0.3) is 11.5 Å². The minimum absolute atomic E-state index is 0.222. The van der Waals surface area contributed by atoms with Gasteiger partial charge in [-0.2, -0.15) is 9.78 Å². The molecule has 3 aromatic carbocycles. The Morgan fingerprint density at radius 3 is 2.58 bits per heavy atom. The Kier molecular flexibility index (Phi) is 9.01. The molecule has 0 aliphatic rings. The van der Waals surface area contributed by atoms with Gasteiger partial charge in [0.05, 0.1) is 28.2 Å². The third-order valence-corrected chi connectivity index (χ3v) is 8.14. The maximum atomic E-state index is 13.1. The quantitative estimate of drug-likeness (QED) is 0.209. The fourth-order valence-corrected chi connectivity index (χ4v) is 4.95. The smallest absolute Gasteiger partial charge is 0.282 e. The van der Waals surface area contributed by atoms with Crippen LogP contribution in [0.25, 0.3) is 10.9 Å². The van der Waals surface area contributed by atoms with Crippen LogP contribution in [0.4, 0.5) is 5.69 Å². The van der Waals surface area contributed by atoms with Crippen LogP contribution in [0, 0.1) is 13.8 Å². The van der Waals surface area contributed by atoms with Gasteiger partial charge in [-0.15, -0.1) is 0 Å². The molecule has 0 spiro atoms. The Balaban J connectivity index is 1.62. The third-order valence-electron chi connectivity index (χ3n) is 5.50. The number of amides is 1. The average Bonchev–Trinajstić information content (AvgIpc) is 2.88. The zero-order valence-electron chi connectivity index (χ0n) is 20.7. The van der Waals surface area contributed by atoms with Gasteiger partial charge in [-0.3, -0.25) is 9.59 Å². The number of nitrogens with zero attached hydrogens (tertiary/aromatic N) is 3. The number of anilines is 1. The lowest BCUT2D eigenvalue weighted by molar-refractivity contribution is -0.118. The van der Waals surface area contributed by atoms with Gasteiger partial charge in [0.2, 0.25) is 0 Å². The lowest BCUT2D eigenvalue weighted by Gasteiger charge is -2.16. The molecule has 0 aliphatic carbocycles. The lowest BCUT2D eigenvalue weighted by Crippen LogP contribution is -2.21. The third kappa shape index (κ3) is 6.16. The van der Waals surface area contributed by atoms with Gasteiger partial charge >= 0.3 is 0 Å². The summed E-state index contributed by atoms with van der Waals surface area (Å²) >= 11 is 10.5. The van der Waals surface area contributed by atoms with Gasteiger partial charge in [0, 0.05) is 20.2 Å². The predicted molar refractivity (Wildman–Crippen MR) is 160 cm³/mol. The van der Waals surface area contributed by atoms with E-state index in [0.717, 1.165) is 15.7 Å². The van der Waals surface area contributed by atoms with Crippen molar-refractivity contribution in [1.82, 2.24) is 9.66 Å². The topological polar surface area (TPSA) is 94.8 Å². The number of carbonyl (C=O) groups excluding carboxylic acids is 1. The second-order valence-electron chi connectivity index (χ2n) is 8.19. The van der Waals surface area contributed by atoms with Crippen LogP contribution >= 0.6 is 47.8 Å². The number of halogens is 3. The molecule has 11 heteroatoms. The Hall–Kier alpha value is -3.02. The maximum Gasteiger partial charge on any atom is 0.282 e. The van der Waals surface area contributed by atoms with Gasteiger partial charge in [-0.25, -0.2) is 4.98 Å². The van der Waals surface area contributed by atoms with Crippen LogP contribution in [0.15, 0.2) is 71.8 Å². The van der Waals surface area contributed by atoms with Crippen molar-refractivity contribution in [2.24, 2.45) is 5.10 Å². The molecule has 8 nitrogen and oxygen atoms in total. The number of hydrogen-bond acceptors (Lipinski definition) is 6. The number of benzene rings is 3. The molecule has 0 fully saturated rings. The fraction of sp³-hybridized carbons (Fsp3) is 0.185. The Morgan fingerprint density at radius 2 is 1.84 bits per heavy atom. The Bertz CT molecular complexity index is 1620. The van der Waals surface area contributed by atoms with Gasteiger partial charge < -0.3 is 14.8 Å². The van der Waals surface area contributed by atoms with Crippen molar-refractivity contribution in [2.75, 3.05) is 18.5 Å². The molecule has 0 aliphatic heterocycles. The van der Waals surface area contributed by atoms with E-state index in [4.69, 9.17) is 9.47 Å². The van der Waals surface area contributed by atoms with Crippen LogP contribution < -0.4 is 20.3 Å². The number of hydrogen-bond donors (Lipinski definition) is 1. The summed E-state index contributed by atoms with van der Waals surface area (Å²) in [5.41, 5.74) is 2.60. The monoisotopic (exact) mass is 704 g/mol. The first-order valence-electron chi connectivity index (χ1n) is 11.6. The van der Waals surface area contributed by atoms with Crippen molar-refractivity contribution in [3.63, 3.8) is 0 Å². The summed E-state index contributed by atoms with van der Waals surface area (Å²) in [7, 11) is 0. The average molecular weight is 707 g/mol. The molecular formula is C27H23Br3N4O4. The number of carbonyl (C=O) groups is 1. The molecule has 0 bridgehead atoms. The van der Waals surface area contributed by atoms with E-state index in [-0.39, 0.29) is 18.1 Å². The van der Waals surface area contributed by atoms with Crippen molar-refractivity contribution in [3.8, 4) is 11.5 Å². The SMILES string of the molecule is CCOc1cc(C=Nn2c(C)nc3ccc(Br)cc3c2=O)c(Br)c(Br)c1OCC(=O)Nc1ccccc1C. The van der Waals surface area contributed by atoms with Gasteiger partial charge in [-0.1, -0.05) is 34.1 Å². The number of rotatable bonds is 8. The van der Waals surface area contributed by atoms with Crippen LogP contribution in [0.1, 0.15) is 23.9 Å². The first-order valence-corrected chi connectivity index (χ1v) is 13.9. The maximum absolute atomic E-state index is 13.1. The van der Waals surface area contributed by atoms with Crippen molar-refractivity contribution in [2.45, 2.75) is 20.8 Å². The molecule has 0 radical (unpaired) electrons. The highest BCUT2D eigenvalue weighted by Crippen LogP contribution is 2.42. The second-order valence-corrected chi connectivity index (χ2v) is 10.7. The normalized spacial score (nSPS) is 11.2. The van der Waals surface area contributed by atoms with E-state index >= 15 is 0 Å². The number of fused-ring (bicyclic) bond motifs is 1. The number of nitrogens with one attached hydrogen (secondary N) is 1. The van der Waals surface area contributed by atoms with Gasteiger partial charge in [0.1, 0.15) is 5.82 Å². The molecule has 1 heterocycles. The second kappa shape index (κ2) is 12.2. The summed E-state index contributed by atoms with van der Waals surface area (Å²) in [5, 5.41) is 7.71. The highest BCUT2D eigenvalue weighted by atomic mass is 79.9. The van der Waals surface area contributed by atoms with Crippen molar-refractivity contribution in [3.05, 3.63) is 89.3 Å². The van der Waals surface area contributed by atoms with Crippen molar-refractivity contribution >= 4 is 76.5 Å². The lowest BCUT2D eigenvalue weighted by atomic mass is 10.2. The number of para-hydroxylation sites is 1. The fourth-order valence-electron chi connectivity index (χ4n) is 3.65. The zero-order chi connectivity index (χ0) is 27.4. The van der Waals surface area contributed by atoms with Crippen LogP contribution in [-0.2, 0) is 4.79 Å². The zero-order valence-corrected chi connectivity index (χ0v) is 25.5. The summed E-state index contributed by atoms with van der Waals surface area (Å²) in [4.78, 5) is 30.1. The number of aryl methyl sites for hydroxylation is 2. The summed E-state index contributed by atoms with van der Waals surface area (Å²) in [5.74, 6) is 0.917. The van der Waals surface area contributed by atoms with Crippen LogP contribution in [0.2, 0.25) is 0 Å². The van der Waals surface area contributed by atoms with E-state index in [1.807, 2.05) is 44.2 Å². The first kappa shape index (κ1) is 28.0. The molecule has 0 atom stereocenters. The molecule has 0 unspecified atom stereocenters.